The molecule has 2 aromatic rings. The molecule has 5 heteroatoms. The Morgan fingerprint density at radius 2 is 2.04 bits per heavy atom. The molecule has 3 rings (SSSR count). The van der Waals surface area contributed by atoms with E-state index in [-0.39, 0.29) is 18.6 Å². The fourth-order valence-corrected chi connectivity index (χ4v) is 4.20. The van der Waals surface area contributed by atoms with Gasteiger partial charge in [-0.2, -0.15) is 0 Å². The third kappa shape index (κ3) is 3.91. The Bertz CT molecular complexity index is 616. The molecule has 1 saturated heterocycles. The number of aromatic nitrogens is 1. The van der Waals surface area contributed by atoms with Gasteiger partial charge in [0.25, 0.3) is 0 Å². The summed E-state index contributed by atoms with van der Waals surface area (Å²) in [4.78, 5) is 6.76. The van der Waals surface area contributed by atoms with Gasteiger partial charge in [0.15, 0.2) is 5.13 Å². The van der Waals surface area contributed by atoms with Gasteiger partial charge >= 0.3 is 0 Å². The highest BCUT2D eigenvalue weighted by Crippen LogP contribution is 2.37. The predicted octanol–water partition coefficient (Wildman–Crippen LogP) is 2.85. The van der Waals surface area contributed by atoms with Crippen LogP contribution < -0.4 is 4.90 Å². The Hall–Kier alpha value is -1.43. The quantitative estimate of drug-likeness (QED) is 0.854. The minimum atomic E-state index is -0.0564. The summed E-state index contributed by atoms with van der Waals surface area (Å²) < 4.78 is 0. The van der Waals surface area contributed by atoms with E-state index in [4.69, 9.17) is 0 Å². The molecule has 1 aromatic carbocycles. The van der Waals surface area contributed by atoms with E-state index in [1.807, 2.05) is 11.4 Å². The lowest BCUT2D eigenvalue weighted by Crippen LogP contribution is -2.45. The fraction of sp³-hybridized carbons (Fsp3) is 0.500. The normalized spacial score (nSPS) is 21.6. The van der Waals surface area contributed by atoms with Crippen LogP contribution in [0.3, 0.4) is 0 Å². The maximum absolute atomic E-state index is 10.1. The molecule has 1 aliphatic rings. The summed E-state index contributed by atoms with van der Waals surface area (Å²) in [6, 6.07) is 10.5. The van der Waals surface area contributed by atoms with Gasteiger partial charge in [0.05, 0.1) is 18.9 Å². The van der Waals surface area contributed by atoms with Gasteiger partial charge in [-0.05, 0) is 31.2 Å². The minimum Gasteiger partial charge on any atom is -0.396 e. The molecule has 2 heterocycles. The molecule has 4 nitrogen and oxygen atoms in total. The average molecular weight is 332 g/mol. The molecule has 0 spiro atoms. The first-order chi connectivity index (χ1) is 11.2. The first-order valence-corrected chi connectivity index (χ1v) is 9.08. The molecule has 1 atom stereocenters. The van der Waals surface area contributed by atoms with Crippen molar-refractivity contribution in [1.29, 1.82) is 0 Å². The number of hydrogen-bond acceptors (Lipinski definition) is 5. The second-order valence-corrected chi connectivity index (χ2v) is 7.28. The summed E-state index contributed by atoms with van der Waals surface area (Å²) in [5, 5.41) is 22.1. The van der Waals surface area contributed by atoms with Crippen molar-refractivity contribution in [1.82, 2.24) is 4.98 Å². The lowest BCUT2D eigenvalue weighted by Gasteiger charge is -2.42. The van der Waals surface area contributed by atoms with Crippen LogP contribution in [0.4, 0.5) is 5.13 Å². The number of thiazole rings is 1. The molecule has 0 amide bonds. The van der Waals surface area contributed by atoms with Gasteiger partial charge in [-0.3, -0.25) is 0 Å². The van der Waals surface area contributed by atoms with Crippen LogP contribution in [0.5, 0.6) is 0 Å². The molecule has 23 heavy (non-hydrogen) atoms. The summed E-state index contributed by atoms with van der Waals surface area (Å²) >= 11 is 1.58. The van der Waals surface area contributed by atoms with E-state index in [1.54, 1.807) is 11.3 Å². The summed E-state index contributed by atoms with van der Waals surface area (Å²) in [6.45, 7) is 2.03. The zero-order chi connectivity index (χ0) is 16.1. The standard InChI is InChI=1S/C18H24N2O2S/c21-11-16-12-23-17(19-16)20-10-4-8-18(13-20,14-22)9-7-15-5-2-1-3-6-15/h1-3,5-6,12,21-22H,4,7-11,13-14H2/t18-/m1/s1. The van der Waals surface area contributed by atoms with Crippen LogP contribution in [-0.4, -0.2) is 34.9 Å². The van der Waals surface area contributed by atoms with Gasteiger partial charge in [0.1, 0.15) is 0 Å². The van der Waals surface area contributed by atoms with E-state index < -0.39 is 0 Å². The van der Waals surface area contributed by atoms with E-state index in [0.29, 0.717) is 0 Å². The Labute approximate surface area is 141 Å². The third-order valence-corrected chi connectivity index (χ3v) is 5.71. The van der Waals surface area contributed by atoms with Crippen molar-refractivity contribution in [3.8, 4) is 0 Å². The molecule has 0 radical (unpaired) electrons. The number of aliphatic hydroxyl groups is 2. The number of rotatable bonds is 6. The highest BCUT2D eigenvalue weighted by molar-refractivity contribution is 7.13. The molecule has 0 aliphatic carbocycles. The molecular formula is C18H24N2O2S. The number of piperidine rings is 1. The third-order valence-electron chi connectivity index (χ3n) is 4.76. The van der Waals surface area contributed by atoms with Gasteiger partial charge < -0.3 is 15.1 Å². The lowest BCUT2D eigenvalue weighted by atomic mass is 9.76. The maximum Gasteiger partial charge on any atom is 0.185 e. The summed E-state index contributed by atoms with van der Waals surface area (Å²) in [5.74, 6) is 0. The molecule has 0 saturated carbocycles. The van der Waals surface area contributed by atoms with E-state index in [9.17, 15) is 10.2 Å². The van der Waals surface area contributed by atoms with E-state index >= 15 is 0 Å². The zero-order valence-electron chi connectivity index (χ0n) is 13.3. The maximum atomic E-state index is 10.1. The summed E-state index contributed by atoms with van der Waals surface area (Å²) in [6.07, 6.45) is 4.12. The van der Waals surface area contributed by atoms with Gasteiger partial charge in [-0.15, -0.1) is 11.3 Å². The predicted molar refractivity (Wildman–Crippen MR) is 93.8 cm³/mol. The van der Waals surface area contributed by atoms with Gasteiger partial charge in [-0.25, -0.2) is 4.98 Å². The number of hydrogen-bond donors (Lipinski definition) is 2. The molecule has 0 bridgehead atoms. The SMILES string of the molecule is OCc1csc(N2CCC[C@@](CO)(CCc3ccccc3)C2)n1. The molecule has 124 valence electrons. The van der Waals surface area contributed by atoms with Crippen molar-refractivity contribution >= 4 is 16.5 Å². The Balaban J connectivity index is 1.68. The molecule has 1 aromatic heterocycles. The van der Waals surface area contributed by atoms with Crippen LogP contribution >= 0.6 is 11.3 Å². The highest BCUT2D eigenvalue weighted by Gasteiger charge is 2.35. The molecular weight excluding hydrogens is 308 g/mol. The van der Waals surface area contributed by atoms with Crippen LogP contribution in [0, 0.1) is 5.41 Å². The number of aliphatic hydroxyl groups excluding tert-OH is 2. The van der Waals surface area contributed by atoms with Crippen molar-refractivity contribution in [3.05, 3.63) is 47.0 Å². The van der Waals surface area contributed by atoms with Crippen LogP contribution in [0.2, 0.25) is 0 Å². The second-order valence-electron chi connectivity index (χ2n) is 6.45. The fourth-order valence-electron chi connectivity index (χ4n) is 3.35. The number of benzene rings is 1. The minimum absolute atomic E-state index is 0.0104. The first kappa shape index (κ1) is 16.4. The molecule has 0 unspecified atom stereocenters. The number of nitrogens with zero attached hydrogens (tertiary/aromatic N) is 2. The zero-order valence-corrected chi connectivity index (χ0v) is 14.1. The van der Waals surface area contributed by atoms with Gasteiger partial charge in [0.2, 0.25) is 0 Å². The molecule has 2 N–H and O–H groups in total. The van der Waals surface area contributed by atoms with E-state index in [1.165, 1.54) is 5.56 Å². The van der Waals surface area contributed by atoms with Crippen molar-refractivity contribution in [2.24, 2.45) is 5.41 Å². The van der Waals surface area contributed by atoms with Crippen molar-refractivity contribution in [3.63, 3.8) is 0 Å². The summed E-state index contributed by atoms with van der Waals surface area (Å²) in [7, 11) is 0. The Morgan fingerprint density at radius 1 is 1.22 bits per heavy atom. The average Bonchev–Trinajstić information content (AvgIpc) is 3.10. The summed E-state index contributed by atoms with van der Waals surface area (Å²) in [5.41, 5.74) is 2.00. The lowest BCUT2D eigenvalue weighted by molar-refractivity contribution is 0.0965. The topological polar surface area (TPSA) is 56.6 Å². The van der Waals surface area contributed by atoms with Crippen LogP contribution in [-0.2, 0) is 13.0 Å². The largest absolute Gasteiger partial charge is 0.396 e. The van der Waals surface area contributed by atoms with Crippen molar-refractivity contribution in [2.75, 3.05) is 24.6 Å². The van der Waals surface area contributed by atoms with E-state index in [0.717, 1.165) is 49.6 Å². The number of aryl methyl sites for hydroxylation is 1. The molecule has 1 aliphatic heterocycles. The van der Waals surface area contributed by atoms with Gasteiger partial charge in [-0.1, -0.05) is 30.3 Å². The van der Waals surface area contributed by atoms with Gasteiger partial charge in [0, 0.05) is 23.9 Å². The van der Waals surface area contributed by atoms with Crippen molar-refractivity contribution in [2.45, 2.75) is 32.3 Å². The van der Waals surface area contributed by atoms with Crippen LogP contribution in [0.1, 0.15) is 30.5 Å². The smallest absolute Gasteiger partial charge is 0.185 e. The van der Waals surface area contributed by atoms with Crippen LogP contribution in [0.15, 0.2) is 35.7 Å². The van der Waals surface area contributed by atoms with Crippen molar-refractivity contribution < 1.29 is 10.2 Å². The van der Waals surface area contributed by atoms with Crippen LogP contribution in [0.25, 0.3) is 0 Å². The Kier molecular flexibility index (Phi) is 5.30. The molecule has 1 fully saturated rings. The number of anilines is 1. The first-order valence-electron chi connectivity index (χ1n) is 8.20. The second kappa shape index (κ2) is 7.43. The van der Waals surface area contributed by atoms with E-state index in [2.05, 4.69) is 34.1 Å². The highest BCUT2D eigenvalue weighted by atomic mass is 32.1. The monoisotopic (exact) mass is 332 g/mol. The Morgan fingerprint density at radius 3 is 2.74 bits per heavy atom.